The molecular formula is C24H23N5O6. The molecule has 0 aliphatic carbocycles. The third-order valence-corrected chi connectivity index (χ3v) is 6.25. The minimum Gasteiger partial charge on any atom is -0.497 e. The van der Waals surface area contributed by atoms with Crippen LogP contribution in [0, 0.1) is 0 Å². The Morgan fingerprint density at radius 3 is 2.71 bits per heavy atom. The van der Waals surface area contributed by atoms with Gasteiger partial charge in [0, 0.05) is 31.1 Å². The molecule has 0 bridgehead atoms. The van der Waals surface area contributed by atoms with Gasteiger partial charge in [0.15, 0.2) is 5.54 Å². The maximum atomic E-state index is 13.1. The average Bonchev–Trinajstić information content (AvgIpc) is 3.50. The molecule has 3 heterocycles. The molecule has 1 unspecified atom stereocenters. The van der Waals surface area contributed by atoms with Gasteiger partial charge in [0.05, 0.1) is 13.7 Å². The van der Waals surface area contributed by atoms with Gasteiger partial charge in [-0.15, -0.1) is 0 Å². The monoisotopic (exact) mass is 477 g/mol. The zero-order valence-corrected chi connectivity index (χ0v) is 19.1. The summed E-state index contributed by atoms with van der Waals surface area (Å²) in [5.74, 6) is -0.122. The molecule has 35 heavy (non-hydrogen) atoms. The molecule has 4 N–H and O–H groups in total. The van der Waals surface area contributed by atoms with E-state index in [2.05, 4.69) is 21.3 Å². The Bertz CT molecular complexity index is 1380. The first-order valence-corrected chi connectivity index (χ1v) is 10.9. The second-order valence-electron chi connectivity index (χ2n) is 8.41. The minimum absolute atomic E-state index is 0.120. The fraction of sp³-hybridized carbons (Fsp3) is 0.250. The predicted octanol–water partition coefficient (Wildman–Crippen LogP) is 1.56. The van der Waals surface area contributed by atoms with Crippen LogP contribution in [0.4, 0.5) is 9.59 Å². The van der Waals surface area contributed by atoms with Crippen LogP contribution in [0.25, 0.3) is 11.0 Å². The van der Waals surface area contributed by atoms with E-state index in [4.69, 9.17) is 9.15 Å². The van der Waals surface area contributed by atoms with Crippen molar-refractivity contribution in [2.45, 2.75) is 18.6 Å². The second-order valence-corrected chi connectivity index (χ2v) is 8.41. The maximum Gasteiger partial charge on any atom is 0.322 e. The molecule has 1 fully saturated rings. The SMILES string of the molecule is CNC(=O)NCc1ccc2oc(C3(CN4Cc5ccc(OC)cc5C4=O)NC(=O)NC3=O)cc2c1. The molecule has 2 aromatic carbocycles. The van der Waals surface area contributed by atoms with Crippen LogP contribution in [0.15, 0.2) is 46.9 Å². The zero-order chi connectivity index (χ0) is 24.7. The lowest BCUT2D eigenvalue weighted by molar-refractivity contribution is -0.125. The zero-order valence-electron chi connectivity index (χ0n) is 19.1. The van der Waals surface area contributed by atoms with E-state index < -0.39 is 17.5 Å². The summed E-state index contributed by atoms with van der Waals surface area (Å²) < 4.78 is 11.2. The van der Waals surface area contributed by atoms with Crippen molar-refractivity contribution in [3.63, 3.8) is 0 Å². The number of nitrogens with zero attached hydrogens (tertiary/aromatic N) is 1. The lowest BCUT2D eigenvalue weighted by Gasteiger charge is -2.29. The summed E-state index contributed by atoms with van der Waals surface area (Å²) in [4.78, 5) is 51.4. The van der Waals surface area contributed by atoms with Gasteiger partial charge in [0.2, 0.25) is 0 Å². The van der Waals surface area contributed by atoms with Crippen molar-refractivity contribution in [2.75, 3.05) is 20.7 Å². The summed E-state index contributed by atoms with van der Waals surface area (Å²) in [7, 11) is 3.05. The lowest BCUT2D eigenvalue weighted by atomic mass is 9.95. The molecule has 1 atom stereocenters. The van der Waals surface area contributed by atoms with Crippen LogP contribution in [0.5, 0.6) is 5.75 Å². The first-order valence-electron chi connectivity index (χ1n) is 10.9. The highest BCUT2D eigenvalue weighted by Gasteiger charge is 2.53. The number of carbonyl (C=O) groups is 4. The summed E-state index contributed by atoms with van der Waals surface area (Å²) in [6, 6.07) is 11.3. The van der Waals surface area contributed by atoms with Crippen LogP contribution in [0.2, 0.25) is 0 Å². The van der Waals surface area contributed by atoms with Gasteiger partial charge in [-0.05, 0) is 41.5 Å². The summed E-state index contributed by atoms with van der Waals surface area (Å²) >= 11 is 0. The van der Waals surface area contributed by atoms with Crippen molar-refractivity contribution in [3.8, 4) is 5.75 Å². The highest BCUT2D eigenvalue weighted by atomic mass is 16.5. The molecule has 180 valence electrons. The van der Waals surface area contributed by atoms with Gasteiger partial charge >= 0.3 is 12.1 Å². The Morgan fingerprint density at radius 1 is 1.17 bits per heavy atom. The van der Waals surface area contributed by atoms with Gasteiger partial charge in [0.1, 0.15) is 17.1 Å². The highest BCUT2D eigenvalue weighted by molar-refractivity contribution is 6.08. The Balaban J connectivity index is 1.47. The van der Waals surface area contributed by atoms with E-state index >= 15 is 0 Å². The average molecular weight is 477 g/mol. The number of rotatable bonds is 6. The second kappa shape index (κ2) is 8.35. The molecule has 6 amide bonds. The highest BCUT2D eigenvalue weighted by Crippen LogP contribution is 2.35. The molecule has 0 saturated carbocycles. The number of carbonyl (C=O) groups excluding carboxylic acids is 4. The van der Waals surface area contributed by atoms with Crippen molar-refractivity contribution in [3.05, 3.63) is 64.9 Å². The summed E-state index contributed by atoms with van der Waals surface area (Å²) in [6.07, 6.45) is 0. The predicted molar refractivity (Wildman–Crippen MR) is 124 cm³/mol. The van der Waals surface area contributed by atoms with E-state index in [0.717, 1.165) is 11.1 Å². The quantitative estimate of drug-likeness (QED) is 0.397. The van der Waals surface area contributed by atoms with E-state index in [1.807, 2.05) is 12.1 Å². The molecule has 3 aromatic rings. The van der Waals surface area contributed by atoms with Crippen molar-refractivity contribution < 1.29 is 28.3 Å². The van der Waals surface area contributed by atoms with Crippen LogP contribution in [-0.4, -0.2) is 49.5 Å². The summed E-state index contributed by atoms with van der Waals surface area (Å²) in [5.41, 5.74) is 1.01. The maximum absolute atomic E-state index is 13.1. The molecule has 11 nitrogen and oxygen atoms in total. The number of urea groups is 2. The number of fused-ring (bicyclic) bond motifs is 2. The number of amides is 6. The molecule has 2 aliphatic rings. The fourth-order valence-electron chi connectivity index (χ4n) is 4.42. The lowest BCUT2D eigenvalue weighted by Crippen LogP contribution is -2.52. The standard InChI is InChI=1S/C24H23N5O6/c1-25-22(32)26-10-13-3-6-18-15(7-13)8-19(35-18)24(21(31)27-23(33)28-24)12-29-11-14-4-5-16(34-2)9-17(14)20(29)30/h3-9H,10-12H2,1-2H3,(H2,25,26,32)(H2,27,28,31,33). The smallest absolute Gasteiger partial charge is 0.322 e. The van der Waals surface area contributed by atoms with E-state index in [1.165, 1.54) is 19.1 Å². The number of furan rings is 1. The Hall–Kier alpha value is -4.54. The molecule has 11 heteroatoms. The van der Waals surface area contributed by atoms with Gasteiger partial charge < -0.3 is 30.0 Å². The van der Waals surface area contributed by atoms with Gasteiger partial charge in [0.25, 0.3) is 11.8 Å². The Labute approximate surface area is 199 Å². The number of benzene rings is 2. The van der Waals surface area contributed by atoms with Gasteiger partial charge in [-0.25, -0.2) is 9.59 Å². The first kappa shape index (κ1) is 22.3. The molecule has 2 aliphatic heterocycles. The van der Waals surface area contributed by atoms with Crippen molar-refractivity contribution >= 4 is 34.8 Å². The minimum atomic E-state index is -1.60. The number of hydrogen-bond acceptors (Lipinski definition) is 6. The van der Waals surface area contributed by atoms with Crippen LogP contribution in [0.1, 0.15) is 27.2 Å². The van der Waals surface area contributed by atoms with E-state index in [1.54, 1.807) is 30.3 Å². The summed E-state index contributed by atoms with van der Waals surface area (Å²) in [6.45, 7) is 0.451. The van der Waals surface area contributed by atoms with E-state index in [9.17, 15) is 19.2 Å². The van der Waals surface area contributed by atoms with E-state index in [-0.39, 0.29) is 30.8 Å². The topological polar surface area (TPSA) is 142 Å². The van der Waals surface area contributed by atoms with Crippen LogP contribution in [-0.2, 0) is 23.4 Å². The number of imide groups is 1. The van der Waals surface area contributed by atoms with Gasteiger partial charge in [-0.1, -0.05) is 12.1 Å². The fourth-order valence-corrected chi connectivity index (χ4v) is 4.42. The number of ether oxygens (including phenoxy) is 1. The van der Waals surface area contributed by atoms with Crippen LogP contribution < -0.4 is 26.0 Å². The Kier molecular flexibility index (Phi) is 5.31. The van der Waals surface area contributed by atoms with Crippen molar-refractivity contribution in [1.82, 2.24) is 26.2 Å². The van der Waals surface area contributed by atoms with Gasteiger partial charge in [-0.2, -0.15) is 0 Å². The summed E-state index contributed by atoms with van der Waals surface area (Å²) in [5, 5.41) is 10.8. The largest absolute Gasteiger partial charge is 0.497 e. The Morgan fingerprint density at radius 2 is 2.00 bits per heavy atom. The number of nitrogens with one attached hydrogen (secondary N) is 4. The third-order valence-electron chi connectivity index (χ3n) is 6.25. The molecular weight excluding hydrogens is 454 g/mol. The van der Waals surface area contributed by atoms with Crippen LogP contribution in [0.3, 0.4) is 0 Å². The van der Waals surface area contributed by atoms with E-state index in [0.29, 0.717) is 28.8 Å². The molecule has 0 spiro atoms. The molecule has 1 saturated heterocycles. The number of methoxy groups -OCH3 is 1. The normalized spacial score (nSPS) is 18.9. The van der Waals surface area contributed by atoms with Crippen molar-refractivity contribution in [2.24, 2.45) is 0 Å². The number of hydrogen-bond donors (Lipinski definition) is 4. The van der Waals surface area contributed by atoms with Crippen molar-refractivity contribution in [1.29, 1.82) is 0 Å². The molecule has 0 radical (unpaired) electrons. The third kappa shape index (κ3) is 3.80. The molecule has 1 aromatic heterocycles. The van der Waals surface area contributed by atoms with Gasteiger partial charge in [-0.3, -0.25) is 14.9 Å². The molecule has 5 rings (SSSR count). The first-order chi connectivity index (χ1) is 16.8. The van der Waals surface area contributed by atoms with Crippen LogP contribution >= 0.6 is 0 Å².